The molecule has 11 heteroatoms. The average Bonchev–Trinajstić information content (AvgIpc) is 3.48. The second-order valence-corrected chi connectivity index (χ2v) is 7.59. The third kappa shape index (κ3) is 5.21. The Labute approximate surface area is 192 Å². The first-order chi connectivity index (χ1) is 15.9. The number of benzene rings is 1. The van der Waals surface area contributed by atoms with E-state index in [1.165, 1.54) is 25.5 Å². The van der Waals surface area contributed by atoms with Crippen LogP contribution in [0.3, 0.4) is 0 Å². The number of ether oxygens (including phenoxy) is 3. The molecular formula is C22H20N2O8S. The molecule has 3 N–H and O–H groups in total. The molecule has 1 atom stereocenters. The summed E-state index contributed by atoms with van der Waals surface area (Å²) in [6.45, 7) is -0.485. The van der Waals surface area contributed by atoms with E-state index in [0.717, 1.165) is 18.4 Å². The number of esters is 3. The van der Waals surface area contributed by atoms with E-state index in [2.05, 4.69) is 5.32 Å². The number of rotatable bonds is 8. The Morgan fingerprint density at radius 1 is 1.03 bits per heavy atom. The molecule has 0 radical (unpaired) electrons. The van der Waals surface area contributed by atoms with Crippen LogP contribution in [0.4, 0.5) is 5.00 Å². The van der Waals surface area contributed by atoms with E-state index < -0.39 is 36.5 Å². The highest BCUT2D eigenvalue weighted by Crippen LogP contribution is 2.33. The van der Waals surface area contributed by atoms with Gasteiger partial charge in [0.25, 0.3) is 5.91 Å². The maximum atomic E-state index is 13.0. The molecule has 0 saturated heterocycles. The molecule has 2 heterocycles. The van der Waals surface area contributed by atoms with Gasteiger partial charge in [0, 0.05) is 5.56 Å². The first-order valence-electron chi connectivity index (χ1n) is 9.51. The Morgan fingerprint density at radius 3 is 2.33 bits per heavy atom. The summed E-state index contributed by atoms with van der Waals surface area (Å²) in [6.07, 6.45) is 1.33. The maximum Gasteiger partial charge on any atom is 0.348 e. The van der Waals surface area contributed by atoms with Crippen LogP contribution in [0.25, 0.3) is 0 Å². The van der Waals surface area contributed by atoms with Gasteiger partial charge in [0.1, 0.15) is 22.0 Å². The summed E-state index contributed by atoms with van der Waals surface area (Å²) in [5.74, 6) is -3.00. The Kier molecular flexibility index (Phi) is 7.46. The van der Waals surface area contributed by atoms with Crippen LogP contribution >= 0.6 is 11.3 Å². The van der Waals surface area contributed by atoms with E-state index in [0.29, 0.717) is 5.56 Å². The van der Waals surface area contributed by atoms with Crippen molar-refractivity contribution in [1.82, 2.24) is 5.32 Å². The molecule has 1 aromatic carbocycles. The average molecular weight is 472 g/mol. The number of methoxy groups -OCH3 is 2. The van der Waals surface area contributed by atoms with Crippen molar-refractivity contribution < 1.29 is 37.8 Å². The van der Waals surface area contributed by atoms with Gasteiger partial charge >= 0.3 is 17.9 Å². The largest absolute Gasteiger partial charge is 0.465 e. The number of nitrogen functional groups attached to an aromatic ring is 1. The predicted molar refractivity (Wildman–Crippen MR) is 117 cm³/mol. The Morgan fingerprint density at radius 2 is 1.73 bits per heavy atom. The van der Waals surface area contributed by atoms with E-state index >= 15 is 0 Å². The Bertz CT molecular complexity index is 1150. The zero-order chi connectivity index (χ0) is 24.0. The van der Waals surface area contributed by atoms with Crippen LogP contribution in [0, 0.1) is 0 Å². The summed E-state index contributed by atoms with van der Waals surface area (Å²) in [5.41, 5.74) is 6.30. The first kappa shape index (κ1) is 23.5. The monoisotopic (exact) mass is 472 g/mol. The van der Waals surface area contributed by atoms with Gasteiger partial charge in [-0.15, -0.1) is 11.3 Å². The number of carbonyl (C=O) groups is 4. The van der Waals surface area contributed by atoms with Gasteiger partial charge in [0.15, 0.2) is 11.8 Å². The quantitative estimate of drug-likeness (QED) is 0.373. The van der Waals surface area contributed by atoms with Gasteiger partial charge in [-0.1, -0.05) is 30.3 Å². The van der Waals surface area contributed by atoms with Gasteiger partial charge in [0.05, 0.1) is 20.5 Å². The summed E-state index contributed by atoms with van der Waals surface area (Å²) in [6, 6.07) is 10.2. The second kappa shape index (κ2) is 10.5. The lowest BCUT2D eigenvalue weighted by Crippen LogP contribution is -2.34. The van der Waals surface area contributed by atoms with Crippen LogP contribution in [0.15, 0.2) is 53.1 Å². The molecule has 0 fully saturated rings. The number of anilines is 1. The molecule has 1 unspecified atom stereocenters. The van der Waals surface area contributed by atoms with E-state index in [-0.39, 0.29) is 26.8 Å². The van der Waals surface area contributed by atoms with E-state index in [9.17, 15) is 19.2 Å². The molecular weight excluding hydrogens is 452 g/mol. The van der Waals surface area contributed by atoms with Gasteiger partial charge < -0.3 is 29.7 Å². The highest BCUT2D eigenvalue weighted by molar-refractivity contribution is 7.18. The molecule has 3 rings (SSSR count). The second-order valence-electron chi connectivity index (χ2n) is 6.53. The minimum Gasteiger partial charge on any atom is -0.465 e. The third-order valence-electron chi connectivity index (χ3n) is 4.54. The summed E-state index contributed by atoms with van der Waals surface area (Å²) in [5, 5.41) is 2.57. The number of carbonyl (C=O) groups excluding carboxylic acids is 4. The van der Waals surface area contributed by atoms with Crippen LogP contribution in [-0.2, 0) is 25.6 Å². The van der Waals surface area contributed by atoms with E-state index in [1.807, 2.05) is 0 Å². The number of thiophene rings is 1. The fraction of sp³-hybridized carbons (Fsp3) is 0.182. The van der Waals surface area contributed by atoms with E-state index in [4.69, 9.17) is 24.4 Å². The van der Waals surface area contributed by atoms with Crippen LogP contribution < -0.4 is 11.1 Å². The molecule has 33 heavy (non-hydrogen) atoms. The number of nitrogens with one attached hydrogen (secondary N) is 1. The first-order valence-corrected chi connectivity index (χ1v) is 10.3. The lowest BCUT2D eigenvalue weighted by molar-refractivity contribution is -0.147. The zero-order valence-electron chi connectivity index (χ0n) is 17.7. The maximum absolute atomic E-state index is 13.0. The minimum absolute atomic E-state index is 0.000850. The van der Waals surface area contributed by atoms with Gasteiger partial charge in [-0.2, -0.15) is 0 Å². The molecule has 3 aromatic rings. The normalized spacial score (nSPS) is 11.3. The van der Waals surface area contributed by atoms with Crippen molar-refractivity contribution in [3.63, 3.8) is 0 Å². The molecule has 0 aliphatic carbocycles. The lowest BCUT2D eigenvalue weighted by Gasteiger charge is -2.18. The molecule has 10 nitrogen and oxygen atoms in total. The van der Waals surface area contributed by atoms with Crippen LogP contribution in [0.1, 0.15) is 47.8 Å². The Hall–Kier alpha value is -4.12. The molecule has 0 bridgehead atoms. The highest BCUT2D eigenvalue weighted by Gasteiger charge is 2.30. The van der Waals surface area contributed by atoms with Gasteiger partial charge in [-0.3, -0.25) is 4.79 Å². The highest BCUT2D eigenvalue weighted by atomic mass is 32.1. The molecule has 0 aliphatic rings. The van der Waals surface area contributed by atoms with Crippen LogP contribution in [0.2, 0.25) is 0 Å². The number of hydrogen-bond donors (Lipinski definition) is 2. The molecule has 0 saturated carbocycles. The summed E-state index contributed by atoms with van der Waals surface area (Å²) < 4.78 is 19.9. The predicted octanol–water partition coefficient (Wildman–Crippen LogP) is 2.71. The van der Waals surface area contributed by atoms with Gasteiger partial charge in [-0.25, -0.2) is 14.4 Å². The number of hydrogen-bond acceptors (Lipinski definition) is 10. The SMILES string of the molecule is COC(=O)c1sc(N)c(C(=O)OC)c1COC(=O)C(NC(=O)c1ccco1)c1ccccc1. The van der Waals surface area contributed by atoms with Crippen LogP contribution in [-0.4, -0.2) is 38.0 Å². The van der Waals surface area contributed by atoms with Crippen molar-refractivity contribution in [2.24, 2.45) is 0 Å². The number of amides is 1. The molecule has 0 spiro atoms. The molecule has 2 aromatic heterocycles. The minimum atomic E-state index is -1.19. The molecule has 172 valence electrons. The van der Waals surface area contributed by atoms with Gasteiger partial charge in [0.2, 0.25) is 0 Å². The summed E-state index contributed by atoms with van der Waals surface area (Å²) >= 11 is 0.812. The molecule has 0 aliphatic heterocycles. The van der Waals surface area contributed by atoms with Crippen molar-refractivity contribution in [3.8, 4) is 0 Å². The number of furan rings is 1. The van der Waals surface area contributed by atoms with Gasteiger partial charge in [-0.05, 0) is 17.7 Å². The van der Waals surface area contributed by atoms with Crippen molar-refractivity contribution in [2.75, 3.05) is 20.0 Å². The van der Waals surface area contributed by atoms with E-state index in [1.54, 1.807) is 30.3 Å². The van der Waals surface area contributed by atoms with Crippen molar-refractivity contribution in [1.29, 1.82) is 0 Å². The standard InChI is InChI=1S/C22H20N2O8S/c1-29-20(26)15-13(17(22(28)30-2)33-18(15)23)11-32-21(27)16(12-7-4-3-5-8-12)24-19(25)14-9-6-10-31-14/h3-10,16H,11,23H2,1-2H3,(H,24,25). The van der Waals surface area contributed by atoms with Crippen molar-refractivity contribution in [3.05, 3.63) is 76.1 Å². The zero-order valence-corrected chi connectivity index (χ0v) is 18.5. The third-order valence-corrected chi connectivity index (χ3v) is 5.58. The summed E-state index contributed by atoms with van der Waals surface area (Å²) in [7, 11) is 2.32. The summed E-state index contributed by atoms with van der Waals surface area (Å²) in [4.78, 5) is 49.8. The van der Waals surface area contributed by atoms with Crippen molar-refractivity contribution in [2.45, 2.75) is 12.6 Å². The van der Waals surface area contributed by atoms with Crippen LogP contribution in [0.5, 0.6) is 0 Å². The topological polar surface area (TPSA) is 147 Å². The fourth-order valence-electron chi connectivity index (χ4n) is 2.97. The number of nitrogens with two attached hydrogens (primary N) is 1. The molecule has 1 amide bonds. The fourth-order valence-corrected chi connectivity index (χ4v) is 3.95. The lowest BCUT2D eigenvalue weighted by atomic mass is 10.1. The smallest absolute Gasteiger partial charge is 0.348 e. The Balaban J connectivity index is 1.88. The van der Waals surface area contributed by atoms with Crippen molar-refractivity contribution >= 4 is 40.2 Å².